The van der Waals surface area contributed by atoms with Gasteiger partial charge in [0, 0.05) is 13.2 Å². The number of hydrogen-bond donors (Lipinski definition) is 8. The second kappa shape index (κ2) is 10.3. The Balaban J connectivity index is 1.52. The Bertz CT molecular complexity index is 1580. The molecule has 12 nitrogen and oxygen atoms in total. The predicted molar refractivity (Wildman–Crippen MR) is 156 cm³/mol. The Morgan fingerprint density at radius 2 is 0.927 bits per heavy atom. The number of sulfone groups is 1. The number of phenols is 2. The summed E-state index contributed by atoms with van der Waals surface area (Å²) in [6, 6.07) is 20.2. The average Bonchev–Trinajstić information content (AvgIpc) is 3.57. The van der Waals surface area contributed by atoms with Crippen molar-refractivity contribution in [3.8, 4) is 11.5 Å². The van der Waals surface area contributed by atoms with Gasteiger partial charge >= 0.3 is 0 Å². The zero-order valence-electron chi connectivity index (χ0n) is 21.7. The van der Waals surface area contributed by atoms with E-state index in [1.165, 1.54) is 22.4 Å². The minimum atomic E-state index is -4.64. The molecule has 0 aromatic heterocycles. The van der Waals surface area contributed by atoms with Gasteiger partial charge in [0.2, 0.25) is 9.84 Å². The number of nitrogens with one attached hydrogen (secondary N) is 4. The van der Waals surface area contributed by atoms with Crippen molar-refractivity contribution in [3.05, 3.63) is 83.9 Å². The summed E-state index contributed by atoms with van der Waals surface area (Å²) in [4.78, 5) is -0.926. The minimum absolute atomic E-state index is 0.0556. The van der Waals surface area contributed by atoms with Gasteiger partial charge in [-0.15, -0.1) is 0 Å². The molecule has 0 atom stereocenters. The van der Waals surface area contributed by atoms with Gasteiger partial charge in [-0.25, -0.2) is 8.42 Å². The fraction of sp³-hybridized carbons (Fsp3) is 0.143. The molecule has 8 N–H and O–H groups in total. The Morgan fingerprint density at radius 3 is 1.24 bits per heavy atom. The van der Waals surface area contributed by atoms with Crippen LogP contribution in [0, 0.1) is 0 Å². The standard InChI is InChI=1S/C28H28N6O6S/c35-11-9-17-13-23(33-29-19-5-1-2-6-20(19)30-33)27(25(37)15-17)41(39,40)28-24(14-18(10-12-36)16-26(28)38)34-31-21-7-3-4-8-22(21)32-34/h1-8,13-16,29-32,35-38H,9-12H2. The van der Waals surface area contributed by atoms with E-state index in [0.29, 0.717) is 33.9 Å². The SMILES string of the molecule is O=S(=O)(c1c(O)cc(CCO)cc1N1Nc2ccccc2N1)c1c(O)cc(CCO)cc1N1Nc2ccccc2N1. The van der Waals surface area contributed by atoms with Gasteiger partial charge in [-0.3, -0.25) is 21.7 Å². The third-order valence-electron chi connectivity index (χ3n) is 6.82. The van der Waals surface area contributed by atoms with Crippen molar-refractivity contribution in [1.29, 1.82) is 0 Å². The molecule has 0 spiro atoms. The molecule has 13 heteroatoms. The van der Waals surface area contributed by atoms with Crippen LogP contribution in [0.2, 0.25) is 0 Å². The molecule has 41 heavy (non-hydrogen) atoms. The Labute approximate surface area is 235 Å². The Morgan fingerprint density at radius 1 is 0.585 bits per heavy atom. The largest absolute Gasteiger partial charge is 0.506 e. The molecule has 4 aromatic carbocycles. The molecule has 0 bridgehead atoms. The second-order valence-corrected chi connectivity index (χ2v) is 11.4. The highest BCUT2D eigenvalue weighted by molar-refractivity contribution is 7.92. The fourth-order valence-corrected chi connectivity index (χ4v) is 6.70. The van der Waals surface area contributed by atoms with E-state index in [1.54, 1.807) is 36.4 Å². The number of benzene rings is 4. The van der Waals surface area contributed by atoms with E-state index in [-0.39, 0.29) is 37.4 Å². The highest BCUT2D eigenvalue weighted by atomic mass is 32.2. The van der Waals surface area contributed by atoms with Crippen molar-refractivity contribution in [2.45, 2.75) is 22.6 Å². The summed E-state index contributed by atoms with van der Waals surface area (Å²) in [6.07, 6.45) is 0.349. The van der Waals surface area contributed by atoms with Crippen LogP contribution in [0.3, 0.4) is 0 Å². The van der Waals surface area contributed by atoms with Gasteiger partial charge < -0.3 is 20.4 Å². The molecule has 212 valence electrons. The first-order valence-corrected chi connectivity index (χ1v) is 14.3. The van der Waals surface area contributed by atoms with E-state index in [0.717, 1.165) is 0 Å². The number of para-hydroxylation sites is 4. The predicted octanol–water partition coefficient (Wildman–Crippen LogP) is 3.35. The van der Waals surface area contributed by atoms with Gasteiger partial charge in [0.1, 0.15) is 32.7 Å². The number of anilines is 6. The average molecular weight is 577 g/mol. The highest BCUT2D eigenvalue weighted by Gasteiger charge is 2.37. The van der Waals surface area contributed by atoms with Crippen LogP contribution in [-0.2, 0) is 22.7 Å². The third-order valence-corrected chi connectivity index (χ3v) is 8.73. The van der Waals surface area contributed by atoms with E-state index < -0.39 is 31.1 Å². The molecule has 4 aromatic rings. The van der Waals surface area contributed by atoms with Crippen molar-refractivity contribution in [1.82, 2.24) is 0 Å². The number of phenolic OH excluding ortho intramolecular Hbond substituents is 2. The number of aromatic hydroxyl groups is 2. The van der Waals surface area contributed by atoms with Gasteiger partial charge in [0.15, 0.2) is 0 Å². The summed E-state index contributed by atoms with van der Waals surface area (Å²) in [7, 11) is -4.64. The lowest BCUT2D eigenvalue weighted by Crippen LogP contribution is -2.32. The lowest BCUT2D eigenvalue weighted by atomic mass is 10.1. The number of nitrogens with zero attached hydrogens (tertiary/aromatic N) is 2. The zero-order valence-corrected chi connectivity index (χ0v) is 22.5. The fourth-order valence-electron chi connectivity index (χ4n) is 4.98. The number of rotatable bonds is 8. The summed E-state index contributed by atoms with van der Waals surface area (Å²) < 4.78 is 29.1. The van der Waals surface area contributed by atoms with E-state index in [1.807, 2.05) is 24.3 Å². The van der Waals surface area contributed by atoms with Crippen LogP contribution in [-0.4, -0.2) is 42.1 Å². The zero-order chi connectivity index (χ0) is 28.7. The van der Waals surface area contributed by atoms with E-state index in [4.69, 9.17) is 0 Å². The molecule has 0 radical (unpaired) electrons. The number of fused-ring (bicyclic) bond motifs is 2. The third kappa shape index (κ3) is 4.65. The molecule has 2 heterocycles. The van der Waals surface area contributed by atoms with Crippen LogP contribution in [0.4, 0.5) is 34.1 Å². The van der Waals surface area contributed by atoms with E-state index in [2.05, 4.69) is 21.7 Å². The number of aliphatic hydroxyl groups excluding tert-OH is 2. The van der Waals surface area contributed by atoms with Crippen LogP contribution in [0.25, 0.3) is 0 Å². The molecule has 2 aliphatic rings. The van der Waals surface area contributed by atoms with Crippen LogP contribution in [0.15, 0.2) is 82.6 Å². The second-order valence-electron chi connectivity index (χ2n) is 9.59. The van der Waals surface area contributed by atoms with Crippen molar-refractivity contribution in [2.24, 2.45) is 0 Å². The molecule has 6 rings (SSSR count). The normalized spacial score (nSPS) is 13.6. The molecule has 0 fully saturated rings. The Kier molecular flexibility index (Phi) is 6.61. The Hall–Kier alpha value is -4.85. The van der Waals surface area contributed by atoms with Gasteiger partial charge in [-0.05, 0) is 72.5 Å². The van der Waals surface area contributed by atoms with Gasteiger partial charge in [-0.1, -0.05) is 24.3 Å². The molecule has 0 unspecified atom stereocenters. The molecular weight excluding hydrogens is 548 g/mol. The van der Waals surface area contributed by atoms with Crippen molar-refractivity contribution >= 4 is 44.0 Å². The number of hydrazine groups is 4. The lowest BCUT2D eigenvalue weighted by molar-refractivity contribution is 0.299. The lowest BCUT2D eigenvalue weighted by Gasteiger charge is -2.26. The maximum Gasteiger partial charge on any atom is 0.218 e. The molecule has 0 saturated heterocycles. The first-order chi connectivity index (χ1) is 19.8. The van der Waals surface area contributed by atoms with Crippen LogP contribution in [0.5, 0.6) is 11.5 Å². The van der Waals surface area contributed by atoms with Crippen molar-refractivity contribution in [3.63, 3.8) is 0 Å². The summed E-state index contributed by atoms with van der Waals surface area (Å²) in [5.74, 6) is -1.11. The van der Waals surface area contributed by atoms with Gasteiger partial charge in [0.05, 0.1) is 22.7 Å². The van der Waals surface area contributed by atoms with Crippen molar-refractivity contribution in [2.75, 3.05) is 45.2 Å². The summed E-state index contributed by atoms with van der Waals surface area (Å²) in [5.41, 5.74) is 16.2. The van der Waals surface area contributed by atoms with E-state index >= 15 is 0 Å². The number of hydrogen-bond acceptors (Lipinski definition) is 12. The molecule has 2 aliphatic heterocycles. The van der Waals surface area contributed by atoms with Crippen LogP contribution in [0.1, 0.15) is 11.1 Å². The first-order valence-electron chi connectivity index (χ1n) is 12.8. The quantitative estimate of drug-likeness (QED) is 0.154. The van der Waals surface area contributed by atoms with E-state index in [9.17, 15) is 28.8 Å². The van der Waals surface area contributed by atoms with Gasteiger partial charge in [-0.2, -0.15) is 10.2 Å². The maximum absolute atomic E-state index is 14.5. The smallest absolute Gasteiger partial charge is 0.218 e. The van der Waals surface area contributed by atoms with Crippen molar-refractivity contribution < 1.29 is 28.8 Å². The molecule has 0 saturated carbocycles. The van der Waals surface area contributed by atoms with Crippen LogP contribution >= 0.6 is 0 Å². The first kappa shape index (κ1) is 26.4. The minimum Gasteiger partial charge on any atom is -0.506 e. The molecule has 0 amide bonds. The molecular formula is C28H28N6O6S. The highest BCUT2D eigenvalue weighted by Crippen LogP contribution is 2.47. The summed E-state index contributed by atoms with van der Waals surface area (Å²) in [5, 5.41) is 44.2. The summed E-state index contributed by atoms with van der Waals surface area (Å²) in [6.45, 7) is -0.424. The van der Waals surface area contributed by atoms with Gasteiger partial charge in [0.25, 0.3) is 0 Å². The van der Waals surface area contributed by atoms with Crippen LogP contribution < -0.4 is 31.9 Å². The monoisotopic (exact) mass is 576 g/mol. The summed E-state index contributed by atoms with van der Waals surface area (Å²) >= 11 is 0. The molecule has 0 aliphatic carbocycles. The topological polar surface area (TPSA) is 170 Å². The maximum atomic E-state index is 14.5. The number of aliphatic hydroxyl groups is 2.